The van der Waals surface area contributed by atoms with Crippen molar-refractivity contribution in [3.63, 3.8) is 0 Å². The van der Waals surface area contributed by atoms with Crippen molar-refractivity contribution >= 4 is 32.7 Å². The van der Waals surface area contributed by atoms with Crippen LogP contribution in [0, 0.1) is 11.3 Å². The number of methoxy groups -OCH3 is 1. The van der Waals surface area contributed by atoms with E-state index in [0.717, 1.165) is 16.9 Å². The van der Waals surface area contributed by atoms with Gasteiger partial charge in [0.1, 0.15) is 11.9 Å². The summed E-state index contributed by atoms with van der Waals surface area (Å²) >= 11 is 0. The molecule has 1 fully saturated rings. The van der Waals surface area contributed by atoms with E-state index < -0.39 is 16.0 Å². The molecule has 0 spiro atoms. The van der Waals surface area contributed by atoms with Gasteiger partial charge in [0.15, 0.2) is 5.69 Å². The molecule has 184 valence electrons. The van der Waals surface area contributed by atoms with E-state index in [4.69, 9.17) is 10.5 Å². The van der Waals surface area contributed by atoms with E-state index in [1.165, 1.54) is 34.3 Å². The summed E-state index contributed by atoms with van der Waals surface area (Å²) in [4.78, 5) is 20.4. The van der Waals surface area contributed by atoms with Gasteiger partial charge in [-0.3, -0.25) is 0 Å². The third kappa shape index (κ3) is 4.00. The Bertz CT molecular complexity index is 1560. The van der Waals surface area contributed by atoms with Gasteiger partial charge < -0.3 is 20.0 Å². The zero-order valence-electron chi connectivity index (χ0n) is 19.5. The zero-order chi connectivity index (χ0) is 25.4. The van der Waals surface area contributed by atoms with Crippen LogP contribution in [-0.4, -0.2) is 53.4 Å². The number of nitrogen functional groups attached to an aromatic ring is 1. The number of hydrogen-bond donors (Lipinski definition) is 2. The molecule has 36 heavy (non-hydrogen) atoms. The summed E-state index contributed by atoms with van der Waals surface area (Å²) in [6.45, 7) is 0.774. The summed E-state index contributed by atoms with van der Waals surface area (Å²) in [5, 5.41) is 9.29. The lowest BCUT2D eigenvalue weighted by atomic mass is 9.97. The first-order valence-corrected chi connectivity index (χ1v) is 12.8. The van der Waals surface area contributed by atoms with Crippen LogP contribution in [0.15, 0.2) is 59.6 Å². The fourth-order valence-electron chi connectivity index (χ4n) is 4.58. The van der Waals surface area contributed by atoms with Crippen molar-refractivity contribution < 1.29 is 17.9 Å². The summed E-state index contributed by atoms with van der Waals surface area (Å²) in [7, 11) is -2.48. The molecule has 5 rings (SSSR count). The van der Waals surface area contributed by atoms with Crippen molar-refractivity contribution in [1.29, 1.82) is 5.26 Å². The minimum Gasteiger partial charge on any atom is -0.464 e. The molecule has 3 heterocycles. The highest BCUT2D eigenvalue weighted by molar-refractivity contribution is 7.89. The fourth-order valence-corrected chi connectivity index (χ4v) is 6.05. The molecule has 0 atom stereocenters. The monoisotopic (exact) mass is 504 g/mol. The first kappa shape index (κ1) is 23.6. The van der Waals surface area contributed by atoms with Gasteiger partial charge >= 0.3 is 5.97 Å². The fraction of sp³-hybridized carbons (Fsp3) is 0.240. The number of anilines is 1. The second kappa shape index (κ2) is 9.14. The zero-order valence-corrected chi connectivity index (χ0v) is 20.3. The number of piperidine rings is 1. The van der Waals surface area contributed by atoms with Crippen LogP contribution in [0.25, 0.3) is 16.7 Å². The number of aromatic amines is 1. The molecule has 3 N–H and O–H groups in total. The number of sulfonamides is 1. The summed E-state index contributed by atoms with van der Waals surface area (Å²) < 4.78 is 34.3. The maximum absolute atomic E-state index is 13.3. The van der Waals surface area contributed by atoms with E-state index in [1.54, 1.807) is 12.1 Å². The first-order chi connectivity index (χ1) is 17.3. The molecule has 2 aromatic carbocycles. The van der Waals surface area contributed by atoms with Gasteiger partial charge in [-0.15, -0.1) is 0 Å². The average Bonchev–Trinajstić information content (AvgIpc) is 3.49. The van der Waals surface area contributed by atoms with Crippen LogP contribution in [0.5, 0.6) is 0 Å². The predicted octanol–water partition coefficient (Wildman–Crippen LogP) is 3.16. The van der Waals surface area contributed by atoms with Gasteiger partial charge in [-0.05, 0) is 49.2 Å². The SMILES string of the molecule is COC(=O)c1c(N)c(C#N)cn1-c1ccc(S(=O)(=O)N2CCC(c3nc4ccccc4[nH]3)CC2)cc1. The third-order valence-corrected chi connectivity index (χ3v) is 8.46. The number of para-hydroxylation sites is 2. The second-order valence-corrected chi connectivity index (χ2v) is 10.5. The van der Waals surface area contributed by atoms with Gasteiger partial charge in [0.2, 0.25) is 10.0 Å². The first-order valence-electron chi connectivity index (χ1n) is 11.4. The summed E-state index contributed by atoms with van der Waals surface area (Å²) in [5.74, 6) is 0.358. The number of esters is 1. The van der Waals surface area contributed by atoms with Crippen molar-refractivity contribution in [2.75, 3.05) is 25.9 Å². The van der Waals surface area contributed by atoms with Gasteiger partial charge in [-0.25, -0.2) is 18.2 Å². The highest BCUT2D eigenvalue weighted by Gasteiger charge is 2.31. The van der Waals surface area contributed by atoms with Crippen molar-refractivity contribution in [3.05, 3.63) is 71.8 Å². The topological polar surface area (TPSA) is 147 Å². The molecule has 0 bridgehead atoms. The molecule has 1 saturated heterocycles. The van der Waals surface area contributed by atoms with Crippen LogP contribution < -0.4 is 5.73 Å². The summed E-state index contributed by atoms with van der Waals surface area (Å²) in [5.41, 5.74) is 8.45. The number of H-pyrrole nitrogens is 1. The van der Waals surface area contributed by atoms with E-state index in [9.17, 15) is 18.5 Å². The normalized spacial score (nSPS) is 15.1. The number of nitriles is 1. The Morgan fingerprint density at radius 1 is 1.17 bits per heavy atom. The molecule has 0 radical (unpaired) electrons. The Morgan fingerprint density at radius 3 is 2.50 bits per heavy atom. The lowest BCUT2D eigenvalue weighted by molar-refractivity contribution is 0.0593. The number of ether oxygens (including phenoxy) is 1. The Morgan fingerprint density at radius 2 is 1.86 bits per heavy atom. The molecular weight excluding hydrogens is 480 g/mol. The quantitative estimate of drug-likeness (QED) is 0.397. The van der Waals surface area contributed by atoms with E-state index >= 15 is 0 Å². The lowest BCUT2D eigenvalue weighted by Gasteiger charge is -2.30. The second-order valence-electron chi connectivity index (χ2n) is 8.59. The minimum atomic E-state index is -3.71. The molecule has 1 aliphatic rings. The van der Waals surface area contributed by atoms with Crippen LogP contribution in [0.4, 0.5) is 5.69 Å². The number of nitrogens with zero attached hydrogens (tertiary/aromatic N) is 4. The smallest absolute Gasteiger partial charge is 0.357 e. The number of carbonyl (C=O) groups is 1. The Hall–Kier alpha value is -4.14. The number of imidazole rings is 1. The van der Waals surface area contributed by atoms with Crippen LogP contribution in [0.3, 0.4) is 0 Å². The van der Waals surface area contributed by atoms with Crippen LogP contribution in [-0.2, 0) is 14.8 Å². The molecule has 4 aromatic rings. The Kier molecular flexibility index (Phi) is 5.99. The van der Waals surface area contributed by atoms with E-state index in [-0.39, 0.29) is 27.8 Å². The molecule has 0 aliphatic carbocycles. The van der Waals surface area contributed by atoms with Crippen molar-refractivity contribution in [2.45, 2.75) is 23.7 Å². The van der Waals surface area contributed by atoms with Crippen LogP contribution in [0.2, 0.25) is 0 Å². The van der Waals surface area contributed by atoms with Crippen LogP contribution >= 0.6 is 0 Å². The van der Waals surface area contributed by atoms with Gasteiger partial charge in [0.25, 0.3) is 0 Å². The number of nitrogens with one attached hydrogen (secondary N) is 1. The van der Waals surface area contributed by atoms with Gasteiger partial charge in [-0.2, -0.15) is 9.57 Å². The number of aromatic nitrogens is 3. The standard InChI is InChI=1S/C25H24N6O4S/c1-35-25(32)23-22(27)17(14-26)15-31(23)18-6-8-19(9-7-18)36(33,34)30-12-10-16(11-13-30)24-28-20-4-2-3-5-21(20)29-24/h2-9,15-16H,10-13,27H2,1H3,(H,28,29). The molecule has 0 saturated carbocycles. The number of benzene rings is 2. The summed E-state index contributed by atoms with van der Waals surface area (Å²) in [6.07, 6.45) is 2.76. The van der Waals surface area contributed by atoms with Crippen molar-refractivity contribution in [1.82, 2.24) is 18.8 Å². The van der Waals surface area contributed by atoms with E-state index in [1.807, 2.05) is 30.3 Å². The maximum Gasteiger partial charge on any atom is 0.357 e. The molecule has 1 aliphatic heterocycles. The molecule has 2 aromatic heterocycles. The minimum absolute atomic E-state index is 0.00775. The Labute approximate surface area is 208 Å². The van der Waals surface area contributed by atoms with Crippen molar-refractivity contribution in [2.24, 2.45) is 0 Å². The molecule has 11 heteroatoms. The highest BCUT2D eigenvalue weighted by Crippen LogP contribution is 2.31. The number of carbonyl (C=O) groups excluding carboxylic acids is 1. The lowest BCUT2D eigenvalue weighted by Crippen LogP contribution is -2.38. The van der Waals surface area contributed by atoms with Gasteiger partial charge in [-0.1, -0.05) is 12.1 Å². The number of hydrogen-bond acceptors (Lipinski definition) is 7. The Balaban J connectivity index is 1.34. The van der Waals surface area contributed by atoms with E-state index in [0.29, 0.717) is 31.6 Å². The number of nitrogens with two attached hydrogens (primary N) is 1. The third-order valence-electron chi connectivity index (χ3n) is 6.54. The van der Waals surface area contributed by atoms with Crippen molar-refractivity contribution in [3.8, 4) is 11.8 Å². The van der Waals surface area contributed by atoms with Crippen LogP contribution in [0.1, 0.15) is 40.6 Å². The highest BCUT2D eigenvalue weighted by atomic mass is 32.2. The average molecular weight is 505 g/mol. The molecular formula is C25H24N6O4S. The molecule has 0 unspecified atom stereocenters. The number of fused-ring (bicyclic) bond motifs is 1. The largest absolute Gasteiger partial charge is 0.464 e. The predicted molar refractivity (Wildman–Crippen MR) is 133 cm³/mol. The van der Waals surface area contributed by atoms with Gasteiger partial charge in [0.05, 0.1) is 34.3 Å². The van der Waals surface area contributed by atoms with E-state index in [2.05, 4.69) is 9.97 Å². The van der Waals surface area contributed by atoms with Gasteiger partial charge in [0, 0.05) is 30.9 Å². The maximum atomic E-state index is 13.3. The molecule has 10 nitrogen and oxygen atoms in total. The number of rotatable bonds is 5. The summed E-state index contributed by atoms with van der Waals surface area (Å²) in [6, 6.07) is 15.9. The molecule has 0 amide bonds.